The van der Waals surface area contributed by atoms with Gasteiger partial charge in [0, 0.05) is 61.9 Å². The van der Waals surface area contributed by atoms with Gasteiger partial charge in [0.1, 0.15) is 11.5 Å². The number of pyridine rings is 2. The lowest BCUT2D eigenvalue weighted by molar-refractivity contribution is 0.102. The maximum absolute atomic E-state index is 13.1. The molecule has 6 rings (SSSR count). The molecule has 2 aliphatic rings. The van der Waals surface area contributed by atoms with Crippen molar-refractivity contribution in [3.05, 3.63) is 54.7 Å². The van der Waals surface area contributed by atoms with Gasteiger partial charge in [-0.25, -0.2) is 9.97 Å². The van der Waals surface area contributed by atoms with Crippen molar-refractivity contribution in [3.8, 4) is 11.1 Å². The van der Waals surface area contributed by atoms with Crippen molar-refractivity contribution in [2.24, 2.45) is 0 Å². The Morgan fingerprint density at radius 1 is 1.00 bits per heavy atom. The lowest BCUT2D eigenvalue weighted by Gasteiger charge is -2.33. The Labute approximate surface area is 216 Å². The minimum Gasteiger partial charge on any atom is -0.354 e. The lowest BCUT2D eigenvalue weighted by atomic mass is 10.1. The number of piperazine rings is 1. The Bertz CT molecular complexity index is 1390. The molecule has 2 saturated heterocycles. The van der Waals surface area contributed by atoms with Gasteiger partial charge in [-0.2, -0.15) is 5.10 Å². The summed E-state index contributed by atoms with van der Waals surface area (Å²) in [5, 5.41) is 8.41. The fourth-order valence-electron chi connectivity index (χ4n) is 5.23. The fraction of sp³-hybridized carbons (Fsp3) is 0.407. The molecule has 0 unspecified atom stereocenters. The predicted molar refractivity (Wildman–Crippen MR) is 145 cm³/mol. The first-order chi connectivity index (χ1) is 18.0. The molecule has 0 atom stereocenters. The number of anilines is 2. The van der Waals surface area contributed by atoms with Crippen LogP contribution in [0.25, 0.3) is 22.2 Å². The number of carbonyl (C=O) groups is 1. The minimum atomic E-state index is -0.197. The SMILES string of the molecule is CN1CCC(n2cc(NC(=O)c3cnc4[nH]cc(-c5ccnc(N6CCN(C)CC6)c5)c4c3)cn2)CC1. The number of fused-ring (bicyclic) bond motifs is 1. The van der Waals surface area contributed by atoms with E-state index in [2.05, 4.69) is 60.2 Å². The van der Waals surface area contributed by atoms with Crippen LogP contribution >= 0.6 is 0 Å². The molecule has 2 aliphatic heterocycles. The zero-order valence-electron chi connectivity index (χ0n) is 21.4. The van der Waals surface area contributed by atoms with Crippen LogP contribution in [-0.2, 0) is 0 Å². The topological polar surface area (TPSA) is 98.2 Å². The van der Waals surface area contributed by atoms with Crippen molar-refractivity contribution >= 4 is 28.4 Å². The van der Waals surface area contributed by atoms with Crippen molar-refractivity contribution in [3.63, 3.8) is 0 Å². The van der Waals surface area contributed by atoms with Crippen molar-refractivity contribution < 1.29 is 4.79 Å². The molecular weight excluding hydrogens is 466 g/mol. The summed E-state index contributed by atoms with van der Waals surface area (Å²) in [5.74, 6) is 0.778. The van der Waals surface area contributed by atoms with Crippen LogP contribution in [0.5, 0.6) is 0 Å². The van der Waals surface area contributed by atoms with Gasteiger partial charge in [-0.3, -0.25) is 9.48 Å². The van der Waals surface area contributed by atoms with Gasteiger partial charge in [0.05, 0.1) is 23.5 Å². The molecule has 4 aromatic heterocycles. The van der Waals surface area contributed by atoms with Gasteiger partial charge >= 0.3 is 0 Å². The third-order valence-corrected chi connectivity index (χ3v) is 7.60. The summed E-state index contributed by atoms with van der Waals surface area (Å²) in [6.07, 6.45) is 11.2. The van der Waals surface area contributed by atoms with E-state index < -0.39 is 0 Å². The fourth-order valence-corrected chi connectivity index (χ4v) is 5.23. The third-order valence-electron chi connectivity index (χ3n) is 7.60. The molecule has 6 heterocycles. The molecule has 10 nitrogen and oxygen atoms in total. The zero-order valence-corrected chi connectivity index (χ0v) is 21.4. The number of aromatic amines is 1. The summed E-state index contributed by atoms with van der Waals surface area (Å²) in [4.78, 5) is 32.5. The number of likely N-dealkylation sites (N-methyl/N-ethyl adjacent to an activating group) is 1. The van der Waals surface area contributed by atoms with Crippen LogP contribution in [0.2, 0.25) is 0 Å². The normalized spacial score (nSPS) is 17.9. The molecular formula is C27H33N9O. The quantitative estimate of drug-likeness (QED) is 0.435. The molecule has 0 saturated carbocycles. The smallest absolute Gasteiger partial charge is 0.257 e. The monoisotopic (exact) mass is 499 g/mol. The van der Waals surface area contributed by atoms with E-state index in [1.807, 2.05) is 35.4 Å². The molecule has 0 aromatic carbocycles. The van der Waals surface area contributed by atoms with Crippen molar-refractivity contribution in [1.29, 1.82) is 0 Å². The van der Waals surface area contributed by atoms with Gasteiger partial charge in [0.2, 0.25) is 0 Å². The average molecular weight is 500 g/mol. The van der Waals surface area contributed by atoms with Crippen LogP contribution in [0, 0.1) is 0 Å². The first kappa shape index (κ1) is 23.6. The Kier molecular flexibility index (Phi) is 6.35. The third kappa shape index (κ3) is 4.94. The molecule has 10 heteroatoms. The Hall–Kier alpha value is -3.76. The highest BCUT2D eigenvalue weighted by Gasteiger charge is 2.20. The zero-order chi connectivity index (χ0) is 25.4. The Balaban J connectivity index is 1.20. The number of nitrogens with zero attached hydrogens (tertiary/aromatic N) is 7. The number of nitrogens with one attached hydrogen (secondary N) is 2. The molecule has 1 amide bonds. The first-order valence-electron chi connectivity index (χ1n) is 12.9. The standard InChI is InChI=1S/C27H33N9O/c1-33-7-4-22(5-8-33)36-18-21(16-31-36)32-27(37)20-13-23-24(17-30-26(23)29-15-20)19-3-6-28-25(14-19)35-11-9-34(2)10-12-35/h3,6,13-18,22H,4-5,7-12H2,1-2H3,(H,29,30)(H,32,37). The summed E-state index contributed by atoms with van der Waals surface area (Å²) in [6, 6.07) is 6.41. The van der Waals surface area contributed by atoms with E-state index >= 15 is 0 Å². The summed E-state index contributed by atoms with van der Waals surface area (Å²) in [5.41, 5.74) is 4.01. The predicted octanol–water partition coefficient (Wildman–Crippen LogP) is 3.09. The van der Waals surface area contributed by atoms with E-state index in [1.165, 1.54) is 0 Å². The largest absolute Gasteiger partial charge is 0.354 e. The summed E-state index contributed by atoms with van der Waals surface area (Å²) >= 11 is 0. The number of aromatic nitrogens is 5. The molecule has 192 valence electrons. The van der Waals surface area contributed by atoms with Crippen molar-refractivity contribution in [1.82, 2.24) is 34.5 Å². The average Bonchev–Trinajstić information content (AvgIpc) is 3.56. The van der Waals surface area contributed by atoms with Gasteiger partial charge in [0.25, 0.3) is 5.91 Å². The van der Waals surface area contributed by atoms with Gasteiger partial charge in [-0.05, 0) is 63.8 Å². The Morgan fingerprint density at radius 3 is 2.59 bits per heavy atom. The second kappa shape index (κ2) is 9.95. The number of carbonyl (C=O) groups excluding carboxylic acids is 1. The molecule has 0 aliphatic carbocycles. The maximum atomic E-state index is 13.1. The van der Waals surface area contributed by atoms with E-state index in [1.54, 1.807) is 12.4 Å². The number of piperidine rings is 1. The van der Waals surface area contributed by atoms with Gasteiger partial charge in [-0.1, -0.05) is 0 Å². The second-order valence-electron chi connectivity index (χ2n) is 10.2. The van der Waals surface area contributed by atoms with Crippen LogP contribution in [0.3, 0.4) is 0 Å². The van der Waals surface area contributed by atoms with Crippen LogP contribution in [0.4, 0.5) is 11.5 Å². The van der Waals surface area contributed by atoms with Crippen LogP contribution in [0.15, 0.2) is 49.2 Å². The number of likely N-dealkylation sites (tertiary alicyclic amines) is 1. The van der Waals surface area contributed by atoms with Gasteiger partial charge in [0.15, 0.2) is 0 Å². The summed E-state index contributed by atoms with van der Waals surface area (Å²) < 4.78 is 1.98. The number of hydrogen-bond acceptors (Lipinski definition) is 7. The van der Waals surface area contributed by atoms with Gasteiger partial charge < -0.3 is 25.0 Å². The molecule has 2 N–H and O–H groups in total. The highest BCUT2D eigenvalue weighted by Crippen LogP contribution is 2.30. The molecule has 4 aromatic rings. The van der Waals surface area contributed by atoms with E-state index in [0.717, 1.165) is 80.1 Å². The molecule has 37 heavy (non-hydrogen) atoms. The number of amides is 1. The maximum Gasteiger partial charge on any atom is 0.257 e. The van der Waals surface area contributed by atoms with E-state index in [-0.39, 0.29) is 5.91 Å². The highest BCUT2D eigenvalue weighted by molar-refractivity contribution is 6.07. The Morgan fingerprint density at radius 2 is 1.78 bits per heavy atom. The number of H-pyrrole nitrogens is 1. The van der Waals surface area contributed by atoms with Gasteiger partial charge in [-0.15, -0.1) is 0 Å². The minimum absolute atomic E-state index is 0.197. The summed E-state index contributed by atoms with van der Waals surface area (Å²) in [7, 11) is 4.29. The number of hydrogen-bond donors (Lipinski definition) is 2. The van der Waals surface area contributed by atoms with E-state index in [9.17, 15) is 4.79 Å². The molecule has 0 radical (unpaired) electrons. The van der Waals surface area contributed by atoms with Crippen LogP contribution in [0.1, 0.15) is 29.2 Å². The first-order valence-corrected chi connectivity index (χ1v) is 12.9. The lowest BCUT2D eigenvalue weighted by Crippen LogP contribution is -2.44. The summed E-state index contributed by atoms with van der Waals surface area (Å²) in [6.45, 7) is 6.09. The highest BCUT2D eigenvalue weighted by atomic mass is 16.1. The number of rotatable bonds is 5. The van der Waals surface area contributed by atoms with E-state index in [0.29, 0.717) is 17.3 Å². The van der Waals surface area contributed by atoms with E-state index in [4.69, 9.17) is 0 Å². The van der Waals surface area contributed by atoms with Crippen LogP contribution in [-0.4, -0.2) is 93.8 Å². The molecule has 2 fully saturated rings. The second-order valence-corrected chi connectivity index (χ2v) is 10.2. The van der Waals surface area contributed by atoms with Crippen molar-refractivity contribution in [2.75, 3.05) is 63.6 Å². The molecule has 0 bridgehead atoms. The molecule has 0 spiro atoms. The van der Waals surface area contributed by atoms with Crippen molar-refractivity contribution in [2.45, 2.75) is 18.9 Å². The van der Waals surface area contributed by atoms with Crippen LogP contribution < -0.4 is 10.2 Å².